The van der Waals surface area contributed by atoms with Crippen LogP contribution in [0, 0.1) is 24.2 Å². The Balaban J connectivity index is 1.78. The molecule has 0 saturated heterocycles. The van der Waals surface area contributed by atoms with Crippen LogP contribution >= 0.6 is 23.2 Å². The average Bonchev–Trinajstić information content (AvgIpc) is 2.72. The number of hydrogen-bond donors (Lipinski definition) is 1. The second-order valence-corrected chi connectivity index (χ2v) is 7.97. The summed E-state index contributed by atoms with van der Waals surface area (Å²) in [5, 5.41) is 9.21. The summed E-state index contributed by atoms with van der Waals surface area (Å²) in [5.41, 5.74) is 3.82. The van der Waals surface area contributed by atoms with E-state index in [1.54, 1.807) is 18.2 Å². The van der Waals surface area contributed by atoms with Crippen molar-refractivity contribution in [2.75, 3.05) is 0 Å². The van der Waals surface area contributed by atoms with Gasteiger partial charge in [-0.1, -0.05) is 83.1 Å². The number of nitrogens with one attached hydrogen (secondary N) is 1. The van der Waals surface area contributed by atoms with Gasteiger partial charge in [0.2, 0.25) is 0 Å². The molecule has 0 saturated carbocycles. The van der Waals surface area contributed by atoms with Gasteiger partial charge in [0.25, 0.3) is 0 Å². The molecule has 0 spiro atoms. The van der Waals surface area contributed by atoms with Crippen LogP contribution in [-0.4, -0.2) is 11.5 Å². The molecule has 0 fully saturated rings. The molecule has 3 aromatic rings. The van der Waals surface area contributed by atoms with E-state index >= 15 is 0 Å². The molecule has 0 aromatic heterocycles. The Morgan fingerprint density at radius 2 is 1.70 bits per heavy atom. The lowest BCUT2D eigenvalue weighted by Crippen LogP contribution is -2.11. The minimum Gasteiger partial charge on any atom is -0.309 e. The van der Waals surface area contributed by atoms with Crippen LogP contribution in [0.3, 0.4) is 0 Å². The lowest BCUT2D eigenvalue weighted by Gasteiger charge is -2.13. The van der Waals surface area contributed by atoms with Crippen molar-refractivity contribution in [3.8, 4) is 11.8 Å². The third-order valence-corrected chi connectivity index (χ3v) is 5.25. The number of hydrogen-bond acceptors (Lipinski definition) is 2. The fourth-order valence-corrected chi connectivity index (χ4v) is 3.58. The van der Waals surface area contributed by atoms with Gasteiger partial charge in [-0.05, 0) is 42.8 Å². The summed E-state index contributed by atoms with van der Waals surface area (Å²) in [6.07, 6.45) is 0.372. The molecule has 0 amide bonds. The monoisotopic (exact) mass is 433 g/mol. The van der Waals surface area contributed by atoms with Gasteiger partial charge in [-0.25, -0.2) is 0 Å². The van der Waals surface area contributed by atoms with Crippen LogP contribution < -0.4 is 0 Å². The molecule has 0 aliphatic carbocycles. The lowest BCUT2D eigenvalue weighted by molar-refractivity contribution is 0.1000. The normalized spacial score (nSPS) is 11.3. The lowest BCUT2D eigenvalue weighted by atomic mass is 9.91. The Labute approximate surface area is 187 Å². The molecule has 2 nitrogen and oxygen atoms in total. The maximum absolute atomic E-state index is 12.6. The molecule has 1 atom stereocenters. The predicted molar refractivity (Wildman–Crippen MR) is 125 cm³/mol. The highest BCUT2D eigenvalue weighted by molar-refractivity contribution is 6.37. The fourth-order valence-electron chi connectivity index (χ4n) is 3.07. The molecule has 30 heavy (non-hydrogen) atoms. The van der Waals surface area contributed by atoms with Crippen molar-refractivity contribution in [3.63, 3.8) is 0 Å². The highest BCUT2D eigenvalue weighted by Gasteiger charge is 2.17. The Bertz CT molecular complexity index is 1110. The number of carbonyl (C=O) groups is 1. The quantitative estimate of drug-likeness (QED) is 0.250. The van der Waals surface area contributed by atoms with Gasteiger partial charge in [-0.3, -0.25) is 4.79 Å². The van der Waals surface area contributed by atoms with Crippen molar-refractivity contribution < 1.29 is 4.79 Å². The summed E-state index contributed by atoms with van der Waals surface area (Å²) in [4.78, 5) is 12.6. The third-order valence-electron chi connectivity index (χ3n) is 4.70. The molecule has 3 aromatic carbocycles. The summed E-state index contributed by atoms with van der Waals surface area (Å²) < 4.78 is 0. The van der Waals surface area contributed by atoms with Crippen LogP contribution in [0.15, 0.2) is 72.8 Å². The van der Waals surface area contributed by atoms with Gasteiger partial charge in [0.15, 0.2) is 5.78 Å². The van der Waals surface area contributed by atoms with Crippen molar-refractivity contribution in [1.82, 2.24) is 0 Å². The van der Waals surface area contributed by atoms with Crippen molar-refractivity contribution in [2.45, 2.75) is 25.7 Å². The van der Waals surface area contributed by atoms with Crippen LogP contribution in [0.1, 0.15) is 45.8 Å². The summed E-state index contributed by atoms with van der Waals surface area (Å²) in [7, 11) is 0. The third kappa shape index (κ3) is 6.07. The van der Waals surface area contributed by atoms with Crippen molar-refractivity contribution >= 4 is 34.7 Å². The second-order valence-electron chi connectivity index (χ2n) is 7.13. The highest BCUT2D eigenvalue weighted by Crippen LogP contribution is 2.24. The van der Waals surface area contributed by atoms with E-state index in [4.69, 9.17) is 28.6 Å². The highest BCUT2D eigenvalue weighted by atomic mass is 35.5. The zero-order valence-electron chi connectivity index (χ0n) is 16.6. The van der Waals surface area contributed by atoms with E-state index in [9.17, 15) is 4.79 Å². The number of aryl methyl sites for hydroxylation is 1. The topological polar surface area (TPSA) is 40.9 Å². The van der Waals surface area contributed by atoms with E-state index in [1.165, 1.54) is 0 Å². The van der Waals surface area contributed by atoms with E-state index in [1.807, 2.05) is 61.5 Å². The molecular formula is C26H21Cl2NO. The molecule has 0 aliphatic rings. The van der Waals surface area contributed by atoms with Crippen molar-refractivity contribution in [3.05, 3.63) is 105 Å². The number of rotatable bonds is 6. The Morgan fingerprint density at radius 3 is 2.37 bits per heavy atom. The van der Waals surface area contributed by atoms with Crippen LogP contribution in [0.4, 0.5) is 0 Å². The smallest absolute Gasteiger partial charge is 0.169 e. The van der Waals surface area contributed by atoms with Crippen LogP contribution in [-0.2, 0) is 0 Å². The molecule has 0 bridgehead atoms. The van der Waals surface area contributed by atoms with Crippen LogP contribution in [0.2, 0.25) is 10.0 Å². The van der Waals surface area contributed by atoms with Gasteiger partial charge in [0, 0.05) is 34.7 Å². The van der Waals surface area contributed by atoms with Gasteiger partial charge in [-0.15, -0.1) is 0 Å². The van der Waals surface area contributed by atoms with Gasteiger partial charge >= 0.3 is 0 Å². The summed E-state index contributed by atoms with van der Waals surface area (Å²) in [6, 6.07) is 22.7. The largest absolute Gasteiger partial charge is 0.309 e. The minimum atomic E-state index is -0.194. The van der Waals surface area contributed by atoms with E-state index in [2.05, 4.69) is 11.8 Å². The second kappa shape index (κ2) is 10.3. The van der Waals surface area contributed by atoms with E-state index in [-0.39, 0.29) is 18.1 Å². The van der Waals surface area contributed by atoms with Crippen LogP contribution in [0.5, 0.6) is 0 Å². The number of ketones is 1. The molecule has 1 unspecified atom stereocenters. The first kappa shape index (κ1) is 21.8. The Hall–Kier alpha value is -2.86. The van der Waals surface area contributed by atoms with Gasteiger partial charge in [0.05, 0.1) is 10.9 Å². The maximum atomic E-state index is 12.6. The van der Waals surface area contributed by atoms with E-state index < -0.39 is 0 Å². The zero-order chi connectivity index (χ0) is 21.5. The predicted octanol–water partition coefficient (Wildman–Crippen LogP) is 7.12. The SMILES string of the molecule is Cc1ccc(C(C#Cc2ccccc2)CC(=N)CC(=O)c2ccc(Cl)cc2Cl)cc1. The number of Topliss-reactive ketones (excluding diaryl/α,β-unsaturated/α-hetero) is 1. The molecular weight excluding hydrogens is 413 g/mol. The van der Waals surface area contributed by atoms with Gasteiger partial charge in [0.1, 0.15) is 0 Å². The molecule has 3 rings (SSSR count). The number of halogens is 2. The molecule has 150 valence electrons. The first-order chi connectivity index (χ1) is 14.4. The molecule has 1 N–H and O–H groups in total. The van der Waals surface area contributed by atoms with E-state index in [0.717, 1.165) is 16.7 Å². The first-order valence-electron chi connectivity index (χ1n) is 9.60. The van der Waals surface area contributed by atoms with E-state index in [0.29, 0.717) is 27.7 Å². The standard InChI is InChI=1S/C26H21Cl2NO/c1-18-7-10-20(11-8-18)21(12-9-19-5-3-2-4-6-19)15-23(29)17-26(30)24-14-13-22(27)16-25(24)28/h2-8,10-11,13-14,16,21,29H,15,17H2,1H3. The Morgan fingerprint density at radius 1 is 1.00 bits per heavy atom. The van der Waals surface area contributed by atoms with Crippen molar-refractivity contribution in [1.29, 1.82) is 5.41 Å². The summed E-state index contributed by atoms with van der Waals surface area (Å²) >= 11 is 12.1. The average molecular weight is 434 g/mol. The van der Waals surface area contributed by atoms with Crippen molar-refractivity contribution in [2.24, 2.45) is 0 Å². The first-order valence-corrected chi connectivity index (χ1v) is 10.4. The zero-order valence-corrected chi connectivity index (χ0v) is 18.1. The summed E-state index contributed by atoms with van der Waals surface area (Å²) in [5.74, 6) is 6.12. The molecule has 4 heteroatoms. The van der Waals surface area contributed by atoms with Gasteiger partial charge in [-0.2, -0.15) is 0 Å². The molecule has 0 aliphatic heterocycles. The van der Waals surface area contributed by atoms with Crippen LogP contribution in [0.25, 0.3) is 0 Å². The molecule has 0 heterocycles. The Kier molecular flexibility index (Phi) is 7.46. The fraction of sp³-hybridized carbons (Fsp3) is 0.154. The van der Waals surface area contributed by atoms with Gasteiger partial charge < -0.3 is 5.41 Å². The minimum absolute atomic E-state index is 0.00324. The number of benzene rings is 3. The molecule has 0 radical (unpaired) electrons. The number of carbonyl (C=O) groups excluding carboxylic acids is 1. The summed E-state index contributed by atoms with van der Waals surface area (Å²) in [6.45, 7) is 2.03. The maximum Gasteiger partial charge on any atom is 0.169 e.